The van der Waals surface area contributed by atoms with Gasteiger partial charge in [0, 0.05) is 42.4 Å². The Balaban J connectivity index is 1.36. The first-order chi connectivity index (χ1) is 21.7. The van der Waals surface area contributed by atoms with Crippen LogP contribution in [-0.2, 0) is 9.59 Å². The molecule has 3 aromatic rings. The van der Waals surface area contributed by atoms with Crippen molar-refractivity contribution in [3.8, 4) is 23.0 Å². The first kappa shape index (κ1) is 30.0. The normalized spacial score (nSPS) is 25.9. The Kier molecular flexibility index (Phi) is 8.09. The largest absolute Gasteiger partial charge is 0.496 e. The molecule has 2 aliphatic heterocycles. The second-order valence-corrected chi connectivity index (χ2v) is 11.7. The topological polar surface area (TPSA) is 170 Å². The number of benzene rings is 1. The van der Waals surface area contributed by atoms with E-state index in [1.807, 2.05) is 19.1 Å². The van der Waals surface area contributed by atoms with Gasteiger partial charge in [0.2, 0.25) is 11.8 Å². The van der Waals surface area contributed by atoms with Crippen LogP contribution in [-0.4, -0.2) is 86.9 Å². The summed E-state index contributed by atoms with van der Waals surface area (Å²) in [4.78, 5) is 67.9. The number of allylic oxidation sites excluding steroid dienone is 1. The molecule has 0 spiro atoms. The molecule has 4 heterocycles. The van der Waals surface area contributed by atoms with Crippen molar-refractivity contribution in [3.63, 3.8) is 0 Å². The SMILES string of the molecule is COc1ccc2c(OC3CC4C(=O)NC5(C=O)CC5/C=C/CCCCN(C(N)=O)C(=O)N4C3)nc(-c3ccncc3)nc2c1C. The molecule has 234 valence electrons. The molecule has 4 unspecified atom stereocenters. The first-order valence-electron chi connectivity index (χ1n) is 15.0. The van der Waals surface area contributed by atoms with Crippen molar-refractivity contribution in [2.75, 3.05) is 20.2 Å². The minimum absolute atomic E-state index is 0.0106. The number of nitrogens with zero attached hydrogens (tertiary/aromatic N) is 5. The molecular weight excluding hydrogens is 578 g/mol. The van der Waals surface area contributed by atoms with Crippen LogP contribution in [0.1, 0.15) is 37.7 Å². The van der Waals surface area contributed by atoms with Gasteiger partial charge in [-0.25, -0.2) is 19.5 Å². The van der Waals surface area contributed by atoms with Gasteiger partial charge in [-0.2, -0.15) is 4.98 Å². The number of urea groups is 2. The van der Waals surface area contributed by atoms with Gasteiger partial charge in [-0.1, -0.05) is 12.2 Å². The Morgan fingerprint density at radius 3 is 2.69 bits per heavy atom. The molecule has 13 nitrogen and oxygen atoms in total. The molecule has 6 rings (SSSR count). The predicted octanol–water partition coefficient (Wildman–Crippen LogP) is 3.15. The Hall–Kier alpha value is -5.07. The fourth-order valence-corrected chi connectivity index (χ4v) is 6.14. The molecule has 2 aromatic heterocycles. The zero-order chi connectivity index (χ0) is 31.7. The third kappa shape index (κ3) is 5.77. The molecule has 0 radical (unpaired) electrons. The molecule has 1 saturated heterocycles. The van der Waals surface area contributed by atoms with Crippen molar-refractivity contribution in [1.82, 2.24) is 30.1 Å². The van der Waals surface area contributed by atoms with Crippen LogP contribution in [0.2, 0.25) is 0 Å². The monoisotopic (exact) mass is 613 g/mol. The zero-order valence-electron chi connectivity index (χ0n) is 25.1. The smallest absolute Gasteiger partial charge is 0.328 e. The minimum atomic E-state index is -1.02. The van der Waals surface area contributed by atoms with Gasteiger partial charge < -0.3 is 30.2 Å². The van der Waals surface area contributed by atoms with Gasteiger partial charge in [0.05, 0.1) is 24.6 Å². The first-order valence-corrected chi connectivity index (χ1v) is 15.0. The molecule has 5 amide bonds. The number of nitrogens with two attached hydrogens (primary N) is 1. The Labute approximate surface area is 259 Å². The summed E-state index contributed by atoms with van der Waals surface area (Å²) in [5, 5.41) is 3.51. The summed E-state index contributed by atoms with van der Waals surface area (Å²) in [5.41, 5.74) is 6.75. The number of ether oxygens (including phenoxy) is 2. The number of fused-ring (bicyclic) bond motifs is 3. The van der Waals surface area contributed by atoms with E-state index >= 15 is 0 Å². The fraction of sp³-hybridized carbons (Fsp3) is 0.406. The van der Waals surface area contributed by atoms with Crippen molar-refractivity contribution in [3.05, 3.63) is 54.4 Å². The molecule has 3 N–H and O–H groups in total. The lowest BCUT2D eigenvalue weighted by atomic mass is 10.1. The van der Waals surface area contributed by atoms with Crippen LogP contribution in [0.15, 0.2) is 48.8 Å². The van der Waals surface area contributed by atoms with Crippen LogP contribution < -0.4 is 20.5 Å². The molecule has 13 heteroatoms. The number of rotatable bonds is 5. The van der Waals surface area contributed by atoms with E-state index in [1.165, 1.54) is 4.90 Å². The van der Waals surface area contributed by atoms with Crippen LogP contribution in [0.4, 0.5) is 9.59 Å². The maximum absolute atomic E-state index is 13.8. The van der Waals surface area contributed by atoms with E-state index < -0.39 is 35.7 Å². The number of primary amides is 1. The molecule has 0 bridgehead atoms. The number of carbonyl (C=O) groups excluding carboxylic acids is 4. The number of methoxy groups -OCH3 is 1. The summed E-state index contributed by atoms with van der Waals surface area (Å²) >= 11 is 0. The lowest BCUT2D eigenvalue weighted by Crippen LogP contribution is -2.55. The molecular formula is C32H35N7O6. The number of hydrogen-bond donors (Lipinski definition) is 2. The number of carbonyl (C=O) groups is 4. The van der Waals surface area contributed by atoms with Crippen molar-refractivity contribution in [2.24, 2.45) is 11.7 Å². The van der Waals surface area contributed by atoms with Crippen LogP contribution >= 0.6 is 0 Å². The number of aldehydes is 1. The zero-order valence-corrected chi connectivity index (χ0v) is 25.1. The van der Waals surface area contributed by atoms with E-state index in [-0.39, 0.29) is 31.3 Å². The van der Waals surface area contributed by atoms with E-state index in [1.54, 1.807) is 43.8 Å². The van der Waals surface area contributed by atoms with Crippen LogP contribution in [0.25, 0.3) is 22.3 Å². The average Bonchev–Trinajstić information content (AvgIpc) is 3.55. The number of hydrogen-bond acceptors (Lipinski definition) is 9. The van der Waals surface area contributed by atoms with Gasteiger partial charge >= 0.3 is 12.1 Å². The Bertz CT molecular complexity index is 1680. The highest BCUT2D eigenvalue weighted by Gasteiger charge is 2.56. The molecule has 2 fully saturated rings. The van der Waals surface area contributed by atoms with Gasteiger partial charge in [0.15, 0.2) is 5.82 Å². The Morgan fingerprint density at radius 2 is 1.96 bits per heavy atom. The molecule has 1 aliphatic carbocycles. The Morgan fingerprint density at radius 1 is 1.16 bits per heavy atom. The number of aromatic nitrogens is 3. The maximum Gasteiger partial charge on any atom is 0.328 e. The third-order valence-corrected chi connectivity index (χ3v) is 8.78. The van der Waals surface area contributed by atoms with Crippen LogP contribution in [0.5, 0.6) is 11.6 Å². The number of aryl methyl sites for hydroxylation is 1. The molecule has 1 saturated carbocycles. The summed E-state index contributed by atoms with van der Waals surface area (Å²) in [6.45, 7) is 2.00. The summed E-state index contributed by atoms with van der Waals surface area (Å²) in [6, 6.07) is 4.59. The van der Waals surface area contributed by atoms with Gasteiger partial charge in [0.25, 0.3) is 0 Å². The van der Waals surface area contributed by atoms with E-state index in [2.05, 4.69) is 10.3 Å². The second-order valence-electron chi connectivity index (χ2n) is 11.7. The van der Waals surface area contributed by atoms with Crippen molar-refractivity contribution in [2.45, 2.75) is 56.7 Å². The lowest BCUT2D eigenvalue weighted by Gasteiger charge is -2.29. The fourth-order valence-electron chi connectivity index (χ4n) is 6.14. The molecule has 4 atom stereocenters. The summed E-state index contributed by atoms with van der Waals surface area (Å²) < 4.78 is 12.0. The number of pyridine rings is 1. The molecule has 3 aliphatic rings. The van der Waals surface area contributed by atoms with E-state index in [4.69, 9.17) is 25.2 Å². The van der Waals surface area contributed by atoms with Crippen LogP contribution in [0.3, 0.4) is 0 Å². The van der Waals surface area contributed by atoms with Crippen molar-refractivity contribution in [1.29, 1.82) is 0 Å². The summed E-state index contributed by atoms with van der Waals surface area (Å²) in [6.07, 6.45) is 9.86. The third-order valence-electron chi connectivity index (χ3n) is 8.78. The van der Waals surface area contributed by atoms with Gasteiger partial charge in [-0.15, -0.1) is 0 Å². The predicted molar refractivity (Wildman–Crippen MR) is 163 cm³/mol. The van der Waals surface area contributed by atoms with Gasteiger partial charge in [0.1, 0.15) is 29.7 Å². The molecule has 45 heavy (non-hydrogen) atoms. The highest BCUT2D eigenvalue weighted by Crippen LogP contribution is 2.43. The number of amides is 5. The second kappa shape index (κ2) is 12.1. The van der Waals surface area contributed by atoms with Gasteiger partial charge in [-0.05, 0) is 56.9 Å². The lowest BCUT2D eigenvalue weighted by molar-refractivity contribution is -0.128. The quantitative estimate of drug-likeness (QED) is 0.324. The summed E-state index contributed by atoms with van der Waals surface area (Å²) in [7, 11) is 1.58. The number of nitrogens with one attached hydrogen (secondary N) is 1. The van der Waals surface area contributed by atoms with Gasteiger partial charge in [-0.3, -0.25) is 9.78 Å². The minimum Gasteiger partial charge on any atom is -0.496 e. The highest BCUT2D eigenvalue weighted by molar-refractivity contribution is 5.97. The molecule has 1 aromatic carbocycles. The van der Waals surface area contributed by atoms with Crippen molar-refractivity contribution >= 4 is 35.2 Å². The number of imide groups is 1. The maximum atomic E-state index is 13.8. The van der Waals surface area contributed by atoms with E-state index in [0.29, 0.717) is 41.7 Å². The van der Waals surface area contributed by atoms with E-state index in [0.717, 1.165) is 28.7 Å². The van der Waals surface area contributed by atoms with Crippen molar-refractivity contribution < 1.29 is 28.7 Å². The highest BCUT2D eigenvalue weighted by atomic mass is 16.5. The van der Waals surface area contributed by atoms with Crippen LogP contribution in [0, 0.1) is 12.8 Å². The summed E-state index contributed by atoms with van der Waals surface area (Å²) in [5.74, 6) is 0.716. The standard InChI is InChI=1S/C32H35N7O6/c1-19-25(44-2)9-8-23-26(19)35-27(20-10-12-34-13-11-20)36-29(23)45-22-15-24-28(41)37-32(18-40)16-21(32)7-5-3-4-6-14-38(30(33)42)31(43)39(24)17-22/h5,7-13,18,21-22,24H,3-4,6,14-17H2,1-2H3,(H2,33,42)(H,37,41)/b7-5+. The average molecular weight is 614 g/mol. The van der Waals surface area contributed by atoms with E-state index in [9.17, 15) is 19.2 Å².